The van der Waals surface area contributed by atoms with Crippen molar-refractivity contribution in [2.24, 2.45) is 0 Å². The van der Waals surface area contributed by atoms with Crippen LogP contribution in [-0.2, 0) is 19.1 Å². The molecule has 2 N–H and O–H groups in total. The molecule has 8 nitrogen and oxygen atoms in total. The number of nitrogens with one attached hydrogen (secondary N) is 1. The van der Waals surface area contributed by atoms with Crippen LogP contribution in [0.5, 0.6) is 11.6 Å². The quantitative estimate of drug-likeness (QED) is 0.542. The number of alkyl halides is 3. The second-order valence-electron chi connectivity index (χ2n) is 7.30. The lowest BCUT2D eigenvalue weighted by Gasteiger charge is -2.31. The van der Waals surface area contributed by atoms with E-state index in [0.29, 0.717) is 29.6 Å². The summed E-state index contributed by atoms with van der Waals surface area (Å²) in [6.07, 6.45) is -4.40. The number of aliphatic hydroxyl groups excluding tert-OH is 1. The Morgan fingerprint density at radius 3 is 2.76 bits per heavy atom. The van der Waals surface area contributed by atoms with E-state index >= 15 is 0 Å². The van der Waals surface area contributed by atoms with Gasteiger partial charge in [0.25, 0.3) is 5.56 Å². The lowest BCUT2D eigenvalue weighted by atomic mass is 10.0. The van der Waals surface area contributed by atoms with Crippen molar-refractivity contribution in [3.8, 4) is 11.6 Å². The van der Waals surface area contributed by atoms with Gasteiger partial charge in [0.15, 0.2) is 5.82 Å². The number of H-pyrrole nitrogens is 1. The highest BCUT2D eigenvalue weighted by Gasteiger charge is 2.36. The van der Waals surface area contributed by atoms with Gasteiger partial charge in [0, 0.05) is 12.1 Å². The fourth-order valence-corrected chi connectivity index (χ4v) is 3.61. The number of aliphatic hydroxyl groups is 1. The van der Waals surface area contributed by atoms with Crippen LogP contribution in [0.2, 0.25) is 5.02 Å². The van der Waals surface area contributed by atoms with E-state index in [0.717, 1.165) is 12.1 Å². The van der Waals surface area contributed by atoms with Crippen molar-refractivity contribution in [1.82, 2.24) is 20.2 Å². The molecule has 1 aliphatic heterocycles. The summed E-state index contributed by atoms with van der Waals surface area (Å²) in [7, 11) is 0. The highest BCUT2D eigenvalue weighted by Crippen LogP contribution is 2.40. The Hall–Kier alpha value is -3.25. The van der Waals surface area contributed by atoms with E-state index in [9.17, 15) is 27.5 Å². The minimum Gasteiger partial charge on any atom is -0.438 e. The van der Waals surface area contributed by atoms with Crippen LogP contribution in [0.1, 0.15) is 35.7 Å². The summed E-state index contributed by atoms with van der Waals surface area (Å²) >= 11 is 6.09. The highest BCUT2D eigenvalue weighted by molar-refractivity contribution is 6.33. The number of halogens is 5. The predicted octanol–water partition coefficient (Wildman–Crippen LogP) is 3.78. The summed E-state index contributed by atoms with van der Waals surface area (Å²) in [6, 6.07) is 2.05. The number of benzene rings is 1. The van der Waals surface area contributed by atoms with Crippen molar-refractivity contribution in [2.75, 3.05) is 11.4 Å². The van der Waals surface area contributed by atoms with Gasteiger partial charge in [-0.25, -0.2) is 14.5 Å². The smallest absolute Gasteiger partial charge is 0.420 e. The molecule has 33 heavy (non-hydrogen) atoms. The fraction of sp³-hybridized carbons (Fsp3) is 0.300. The van der Waals surface area contributed by atoms with E-state index in [1.165, 1.54) is 13.1 Å². The fourth-order valence-electron chi connectivity index (χ4n) is 3.40. The van der Waals surface area contributed by atoms with Gasteiger partial charge in [-0.1, -0.05) is 11.6 Å². The molecule has 1 atom stereocenters. The monoisotopic (exact) mass is 485 g/mol. The molecule has 0 saturated heterocycles. The Morgan fingerprint density at radius 1 is 1.30 bits per heavy atom. The van der Waals surface area contributed by atoms with Crippen molar-refractivity contribution in [3.05, 3.63) is 68.2 Å². The number of aromatic amines is 1. The van der Waals surface area contributed by atoms with Crippen LogP contribution in [0.4, 0.5) is 23.2 Å². The molecule has 174 valence electrons. The molecule has 0 bridgehead atoms. The van der Waals surface area contributed by atoms with Gasteiger partial charge < -0.3 is 14.7 Å². The summed E-state index contributed by atoms with van der Waals surface area (Å²) in [5.41, 5.74) is -0.737. The number of fused-ring (bicyclic) bond motifs is 1. The van der Waals surface area contributed by atoms with E-state index in [2.05, 4.69) is 20.2 Å². The molecule has 0 aliphatic carbocycles. The third-order valence-electron chi connectivity index (χ3n) is 4.99. The van der Waals surface area contributed by atoms with Gasteiger partial charge in [-0.05, 0) is 31.5 Å². The Kier molecular flexibility index (Phi) is 5.97. The first-order valence-electron chi connectivity index (χ1n) is 9.65. The first-order chi connectivity index (χ1) is 15.5. The highest BCUT2D eigenvalue weighted by atomic mass is 35.5. The van der Waals surface area contributed by atoms with Crippen molar-refractivity contribution >= 4 is 17.3 Å². The summed E-state index contributed by atoms with van der Waals surface area (Å²) in [5.74, 6) is -1.95. The van der Waals surface area contributed by atoms with Crippen LogP contribution in [0, 0.1) is 5.82 Å². The van der Waals surface area contributed by atoms with E-state index in [1.807, 2.05) is 0 Å². The van der Waals surface area contributed by atoms with Crippen LogP contribution < -0.4 is 15.2 Å². The first kappa shape index (κ1) is 22.9. The van der Waals surface area contributed by atoms with Crippen molar-refractivity contribution in [3.63, 3.8) is 0 Å². The van der Waals surface area contributed by atoms with E-state index in [-0.39, 0.29) is 29.7 Å². The second-order valence-corrected chi connectivity index (χ2v) is 7.68. The molecule has 0 fully saturated rings. The maximum absolute atomic E-state index is 13.5. The number of nitrogens with zero attached hydrogens (tertiary/aromatic N) is 4. The lowest BCUT2D eigenvalue weighted by molar-refractivity contribution is -0.138. The number of hydrogen-bond acceptors (Lipinski definition) is 7. The Labute approximate surface area is 188 Å². The molecule has 3 aromatic rings. The maximum atomic E-state index is 13.5. The topological polar surface area (TPSA) is 104 Å². The second kappa shape index (κ2) is 8.60. The van der Waals surface area contributed by atoms with Gasteiger partial charge in [0.1, 0.15) is 28.3 Å². The summed E-state index contributed by atoms with van der Waals surface area (Å²) in [6.45, 7) is 1.80. The van der Waals surface area contributed by atoms with Gasteiger partial charge >= 0.3 is 6.18 Å². The minimum atomic E-state index is -4.86. The molecule has 3 heterocycles. The summed E-state index contributed by atoms with van der Waals surface area (Å²) in [5, 5.41) is 15.9. The number of rotatable bonds is 4. The Bertz CT molecular complexity index is 1270. The minimum absolute atomic E-state index is 0.0728. The zero-order valence-corrected chi connectivity index (χ0v) is 17.7. The van der Waals surface area contributed by atoms with E-state index in [4.69, 9.17) is 16.3 Å². The molecule has 2 aromatic heterocycles. The van der Waals surface area contributed by atoms with Crippen LogP contribution in [-0.4, -0.2) is 31.8 Å². The average molecular weight is 486 g/mol. The zero-order valence-electron chi connectivity index (χ0n) is 17.0. The predicted molar refractivity (Wildman–Crippen MR) is 109 cm³/mol. The van der Waals surface area contributed by atoms with E-state index in [1.54, 1.807) is 4.90 Å². The Morgan fingerprint density at radius 2 is 2.06 bits per heavy atom. The van der Waals surface area contributed by atoms with Crippen molar-refractivity contribution < 1.29 is 27.4 Å². The third kappa shape index (κ3) is 4.62. The number of ether oxygens (including phenoxy) is 1. The first-order valence-corrected chi connectivity index (χ1v) is 10.0. The maximum Gasteiger partial charge on any atom is 0.420 e. The normalized spacial score (nSPS) is 14.7. The standard InChI is InChI=1S/C20H16ClF4N5O3/c1-9(31)17-27-13-8-30(14-7-26-29-18(32)16(14)21)5-4-11(13)19(28-17)33-15-3-2-10(22)6-12(15)20(23,24)25/h2-3,6-7,9,31H,4-5,8H2,1H3,(H,29,32). The Balaban J connectivity index is 1.76. The van der Waals surface area contributed by atoms with Gasteiger partial charge in [-0.15, -0.1) is 0 Å². The molecule has 1 aliphatic rings. The lowest BCUT2D eigenvalue weighted by Crippen LogP contribution is -2.33. The SMILES string of the molecule is CC(O)c1nc2c(c(Oc3ccc(F)cc3C(F)(F)F)n1)CCN(c1cn[nH]c(=O)c1Cl)C2. The molecule has 4 rings (SSSR count). The van der Waals surface area contributed by atoms with Crippen molar-refractivity contribution in [2.45, 2.75) is 32.2 Å². The number of aromatic nitrogens is 4. The van der Waals surface area contributed by atoms with Crippen molar-refractivity contribution in [1.29, 1.82) is 0 Å². The van der Waals surface area contributed by atoms with Crippen LogP contribution in [0.15, 0.2) is 29.2 Å². The number of anilines is 1. The summed E-state index contributed by atoms with van der Waals surface area (Å²) < 4.78 is 59.2. The van der Waals surface area contributed by atoms with Gasteiger partial charge in [-0.2, -0.15) is 23.3 Å². The molecule has 1 aromatic carbocycles. The molecule has 0 amide bonds. The average Bonchev–Trinajstić information content (AvgIpc) is 2.75. The van der Waals surface area contributed by atoms with E-state index < -0.39 is 35.0 Å². The van der Waals surface area contributed by atoms with Gasteiger partial charge in [-0.3, -0.25) is 4.79 Å². The largest absolute Gasteiger partial charge is 0.438 e. The van der Waals surface area contributed by atoms with Crippen LogP contribution >= 0.6 is 11.6 Å². The third-order valence-corrected chi connectivity index (χ3v) is 5.35. The zero-order chi connectivity index (χ0) is 23.9. The molecular weight excluding hydrogens is 470 g/mol. The van der Waals surface area contributed by atoms with Gasteiger partial charge in [0.2, 0.25) is 5.88 Å². The molecule has 0 saturated carbocycles. The molecule has 0 spiro atoms. The van der Waals surface area contributed by atoms with Crippen LogP contribution in [0.25, 0.3) is 0 Å². The molecule has 0 radical (unpaired) electrons. The number of hydrogen-bond donors (Lipinski definition) is 2. The molecular formula is C20H16ClF4N5O3. The molecule has 1 unspecified atom stereocenters. The van der Waals surface area contributed by atoms with Crippen LogP contribution in [0.3, 0.4) is 0 Å². The molecule has 13 heteroatoms. The summed E-state index contributed by atoms with van der Waals surface area (Å²) in [4.78, 5) is 21.9. The van der Waals surface area contributed by atoms with Gasteiger partial charge in [0.05, 0.1) is 24.1 Å².